The van der Waals surface area contributed by atoms with Crippen molar-refractivity contribution in [1.82, 2.24) is 0 Å². The van der Waals surface area contributed by atoms with Crippen LogP contribution in [0.2, 0.25) is 0 Å². The second kappa shape index (κ2) is 22.3. The Morgan fingerprint density at radius 2 is 0.846 bits per heavy atom. The standard InChI is InChI=1S/C23H46O3/c1-3-5-6-7-8-9-10-11-12-13-14-15-16-17-18-19-20-21-22-26-23(24)25-4-2/h3-22H2,1-2H3. The van der Waals surface area contributed by atoms with Crippen LogP contribution in [0.5, 0.6) is 0 Å². The van der Waals surface area contributed by atoms with Crippen LogP contribution in [0.3, 0.4) is 0 Å². The molecule has 0 aromatic carbocycles. The summed E-state index contributed by atoms with van der Waals surface area (Å²) >= 11 is 0. The molecule has 0 bridgehead atoms. The number of ether oxygens (including phenoxy) is 2. The summed E-state index contributed by atoms with van der Waals surface area (Å²) < 4.78 is 9.67. The van der Waals surface area contributed by atoms with Gasteiger partial charge in [0, 0.05) is 0 Å². The fraction of sp³-hybridized carbons (Fsp3) is 0.957. The van der Waals surface area contributed by atoms with Gasteiger partial charge in [0.25, 0.3) is 0 Å². The minimum absolute atomic E-state index is 0.387. The second-order valence-corrected chi connectivity index (χ2v) is 7.54. The van der Waals surface area contributed by atoms with E-state index in [1.54, 1.807) is 6.92 Å². The largest absolute Gasteiger partial charge is 0.508 e. The Morgan fingerprint density at radius 3 is 1.19 bits per heavy atom. The van der Waals surface area contributed by atoms with Gasteiger partial charge in [0.15, 0.2) is 0 Å². The minimum Gasteiger partial charge on any atom is -0.435 e. The Kier molecular flexibility index (Phi) is 21.7. The lowest BCUT2D eigenvalue weighted by atomic mass is 10.0. The van der Waals surface area contributed by atoms with E-state index in [4.69, 9.17) is 9.47 Å². The topological polar surface area (TPSA) is 35.5 Å². The summed E-state index contributed by atoms with van der Waals surface area (Å²) in [5.74, 6) is 0. The molecule has 0 spiro atoms. The van der Waals surface area contributed by atoms with E-state index in [2.05, 4.69) is 6.92 Å². The highest BCUT2D eigenvalue weighted by Crippen LogP contribution is 2.14. The average molecular weight is 371 g/mol. The maximum Gasteiger partial charge on any atom is 0.508 e. The van der Waals surface area contributed by atoms with Gasteiger partial charge in [-0.25, -0.2) is 4.79 Å². The molecule has 0 rings (SSSR count). The molecule has 0 heterocycles. The zero-order valence-corrected chi connectivity index (χ0v) is 17.9. The molecule has 0 radical (unpaired) electrons. The Labute approximate surface area is 163 Å². The first-order valence-corrected chi connectivity index (χ1v) is 11.6. The van der Waals surface area contributed by atoms with Crippen molar-refractivity contribution in [2.75, 3.05) is 13.2 Å². The molecule has 0 aromatic rings. The fourth-order valence-electron chi connectivity index (χ4n) is 3.32. The summed E-state index contributed by atoms with van der Waals surface area (Å²) in [6.45, 7) is 4.96. The number of hydrogen-bond acceptors (Lipinski definition) is 3. The van der Waals surface area contributed by atoms with Crippen LogP contribution in [0.4, 0.5) is 4.79 Å². The van der Waals surface area contributed by atoms with Gasteiger partial charge in [0.2, 0.25) is 0 Å². The zero-order valence-electron chi connectivity index (χ0n) is 17.9. The van der Waals surface area contributed by atoms with E-state index in [1.807, 2.05) is 0 Å². The molecule has 0 unspecified atom stereocenters. The van der Waals surface area contributed by atoms with Crippen molar-refractivity contribution < 1.29 is 14.3 Å². The fourth-order valence-corrected chi connectivity index (χ4v) is 3.32. The van der Waals surface area contributed by atoms with Crippen LogP contribution < -0.4 is 0 Å². The lowest BCUT2D eigenvalue weighted by Gasteiger charge is -2.05. The van der Waals surface area contributed by atoms with Gasteiger partial charge in [-0.05, 0) is 13.3 Å². The predicted octanol–water partition coefficient (Wildman–Crippen LogP) is 8.20. The number of carbonyl (C=O) groups is 1. The van der Waals surface area contributed by atoms with Crippen LogP contribution in [0.25, 0.3) is 0 Å². The van der Waals surface area contributed by atoms with Crippen molar-refractivity contribution >= 4 is 6.16 Å². The van der Waals surface area contributed by atoms with Crippen LogP contribution >= 0.6 is 0 Å². The molecule has 0 N–H and O–H groups in total. The van der Waals surface area contributed by atoms with Gasteiger partial charge in [-0.3, -0.25) is 0 Å². The van der Waals surface area contributed by atoms with Crippen molar-refractivity contribution in [2.24, 2.45) is 0 Å². The number of carbonyl (C=O) groups excluding carboxylic acids is 1. The predicted molar refractivity (Wildman–Crippen MR) is 112 cm³/mol. The number of rotatable bonds is 20. The summed E-state index contributed by atoms with van der Waals surface area (Å²) in [4.78, 5) is 11.0. The quantitative estimate of drug-likeness (QED) is 0.160. The van der Waals surface area contributed by atoms with E-state index >= 15 is 0 Å². The Morgan fingerprint density at radius 1 is 0.500 bits per heavy atom. The van der Waals surface area contributed by atoms with Crippen LogP contribution in [0.1, 0.15) is 129 Å². The molecule has 3 heteroatoms. The SMILES string of the molecule is CCCCCCCCCCCCCCCCCCCCOC(=O)OCC. The smallest absolute Gasteiger partial charge is 0.435 e. The van der Waals surface area contributed by atoms with Gasteiger partial charge in [0.05, 0.1) is 13.2 Å². The third-order valence-electron chi connectivity index (χ3n) is 4.98. The van der Waals surface area contributed by atoms with Crippen LogP contribution in [0.15, 0.2) is 0 Å². The molecule has 0 fully saturated rings. The van der Waals surface area contributed by atoms with Crippen molar-refractivity contribution in [1.29, 1.82) is 0 Å². The highest BCUT2D eigenvalue weighted by molar-refractivity contribution is 5.59. The molecular formula is C23H46O3. The van der Waals surface area contributed by atoms with Gasteiger partial charge in [-0.15, -0.1) is 0 Å². The summed E-state index contributed by atoms with van der Waals surface area (Å²) in [7, 11) is 0. The van der Waals surface area contributed by atoms with Gasteiger partial charge in [-0.2, -0.15) is 0 Å². The first kappa shape index (κ1) is 25.3. The van der Waals surface area contributed by atoms with Gasteiger partial charge >= 0.3 is 6.16 Å². The molecule has 0 saturated carbocycles. The van der Waals surface area contributed by atoms with Crippen molar-refractivity contribution in [3.63, 3.8) is 0 Å². The molecule has 0 amide bonds. The monoisotopic (exact) mass is 370 g/mol. The highest BCUT2D eigenvalue weighted by Gasteiger charge is 2.00. The maximum absolute atomic E-state index is 11.0. The third kappa shape index (κ3) is 21.3. The van der Waals surface area contributed by atoms with E-state index in [-0.39, 0.29) is 0 Å². The normalized spacial score (nSPS) is 10.8. The summed E-state index contributed by atoms with van der Waals surface area (Å²) in [6.07, 6.45) is 24.1. The van der Waals surface area contributed by atoms with Gasteiger partial charge in [0.1, 0.15) is 0 Å². The molecule has 0 aliphatic rings. The van der Waals surface area contributed by atoms with E-state index in [9.17, 15) is 4.79 Å². The zero-order chi connectivity index (χ0) is 19.1. The van der Waals surface area contributed by atoms with Crippen molar-refractivity contribution in [2.45, 2.75) is 129 Å². The number of unbranched alkanes of at least 4 members (excludes halogenated alkanes) is 17. The first-order valence-electron chi connectivity index (χ1n) is 11.6. The Balaban J connectivity index is 3.02. The molecule has 0 aliphatic carbocycles. The average Bonchev–Trinajstić information content (AvgIpc) is 2.64. The van der Waals surface area contributed by atoms with Crippen LogP contribution in [0, 0.1) is 0 Å². The molecule has 26 heavy (non-hydrogen) atoms. The van der Waals surface area contributed by atoms with Gasteiger partial charge < -0.3 is 9.47 Å². The van der Waals surface area contributed by atoms with E-state index < -0.39 is 6.16 Å². The summed E-state index contributed by atoms with van der Waals surface area (Å²) in [5, 5.41) is 0. The molecule has 0 aliphatic heterocycles. The van der Waals surface area contributed by atoms with Gasteiger partial charge in [-0.1, -0.05) is 116 Å². The molecular weight excluding hydrogens is 324 g/mol. The van der Waals surface area contributed by atoms with Crippen molar-refractivity contribution in [3.05, 3.63) is 0 Å². The first-order chi connectivity index (χ1) is 12.8. The molecule has 3 nitrogen and oxygen atoms in total. The van der Waals surface area contributed by atoms with Crippen LogP contribution in [-0.4, -0.2) is 19.4 Å². The molecule has 156 valence electrons. The summed E-state index contributed by atoms with van der Waals surface area (Å²) in [6, 6.07) is 0. The van der Waals surface area contributed by atoms with E-state index in [1.165, 1.54) is 103 Å². The lowest BCUT2D eigenvalue weighted by molar-refractivity contribution is 0.0578. The minimum atomic E-state index is -0.528. The van der Waals surface area contributed by atoms with E-state index in [0.717, 1.165) is 12.8 Å². The molecule has 0 atom stereocenters. The van der Waals surface area contributed by atoms with E-state index in [0.29, 0.717) is 13.2 Å². The Bertz CT molecular complexity index is 279. The highest BCUT2D eigenvalue weighted by atomic mass is 16.7. The maximum atomic E-state index is 11.0. The van der Waals surface area contributed by atoms with Crippen molar-refractivity contribution in [3.8, 4) is 0 Å². The summed E-state index contributed by atoms with van der Waals surface area (Å²) in [5.41, 5.74) is 0. The second-order valence-electron chi connectivity index (χ2n) is 7.54. The lowest BCUT2D eigenvalue weighted by Crippen LogP contribution is -2.07. The third-order valence-corrected chi connectivity index (χ3v) is 4.98. The molecule has 0 saturated heterocycles. The Hall–Kier alpha value is -0.730. The number of hydrogen-bond donors (Lipinski definition) is 0. The molecule has 0 aromatic heterocycles. The van der Waals surface area contributed by atoms with Crippen LogP contribution in [-0.2, 0) is 9.47 Å².